The van der Waals surface area contributed by atoms with Gasteiger partial charge in [-0.3, -0.25) is 0 Å². The van der Waals surface area contributed by atoms with Crippen molar-refractivity contribution in [3.8, 4) is 0 Å². The molecule has 1 aliphatic carbocycles. The van der Waals surface area contributed by atoms with E-state index in [1.54, 1.807) is 12.1 Å². The van der Waals surface area contributed by atoms with E-state index in [2.05, 4.69) is 0 Å². The van der Waals surface area contributed by atoms with Crippen molar-refractivity contribution in [1.29, 1.82) is 0 Å². The van der Waals surface area contributed by atoms with Crippen molar-refractivity contribution < 1.29 is 17.2 Å². The molecule has 0 aromatic heterocycles. The zero-order valence-corrected chi connectivity index (χ0v) is 17.8. The maximum atomic E-state index is 14.2. The van der Waals surface area contributed by atoms with E-state index in [1.165, 1.54) is 12.1 Å². The third-order valence-electron chi connectivity index (χ3n) is 4.06. The highest BCUT2D eigenvalue weighted by Gasteiger charge is 2.46. The highest BCUT2D eigenvalue weighted by molar-refractivity contribution is 14.1. The van der Waals surface area contributed by atoms with Crippen molar-refractivity contribution >= 4 is 55.0 Å². The monoisotopic (exact) mass is 566 g/mol. The highest BCUT2D eigenvalue weighted by atomic mass is 127. The second-order valence-electron chi connectivity index (χ2n) is 5.91. The molecule has 0 aliphatic heterocycles. The Kier molecular flexibility index (Phi) is 6.15. The summed E-state index contributed by atoms with van der Waals surface area (Å²) in [6.07, 6.45) is 3.87. The number of aryl methyl sites for hydroxylation is 1. The summed E-state index contributed by atoms with van der Waals surface area (Å²) in [7, 11) is -3.90. The first-order valence-electron chi connectivity index (χ1n) is 7.35. The van der Waals surface area contributed by atoms with E-state index in [1.807, 2.05) is 29.5 Å². The molecule has 1 aliphatic rings. The number of sulfone groups is 1. The third kappa shape index (κ3) is 4.87. The normalized spacial score (nSPS) is 19.6. The lowest BCUT2D eigenvalue weighted by Gasteiger charge is -2.35. The Morgan fingerprint density at radius 2 is 1.70 bits per heavy atom. The van der Waals surface area contributed by atoms with Crippen LogP contribution in [0, 0.1) is 6.92 Å². The van der Waals surface area contributed by atoms with Gasteiger partial charge in [-0.1, -0.05) is 59.5 Å². The minimum absolute atomic E-state index is 0.0528. The van der Waals surface area contributed by atoms with E-state index in [0.717, 1.165) is 52.8 Å². The van der Waals surface area contributed by atoms with Crippen LogP contribution in [0.4, 0.5) is 8.78 Å². The SMILES string of the molecule is Cc1ccc(S(=O)(=O)/C=C(/C(F)(F)I)C2(I)CCCCC2)cc1. The summed E-state index contributed by atoms with van der Waals surface area (Å²) >= 11 is 3.07. The molecule has 2 rings (SSSR count). The van der Waals surface area contributed by atoms with Gasteiger partial charge in [-0.05, 0) is 31.9 Å². The second-order valence-corrected chi connectivity index (χ2v) is 11.1. The van der Waals surface area contributed by atoms with Gasteiger partial charge in [0.15, 0.2) is 9.84 Å². The van der Waals surface area contributed by atoms with Gasteiger partial charge in [0.25, 0.3) is 0 Å². The quantitative estimate of drug-likeness (QED) is 0.341. The van der Waals surface area contributed by atoms with Crippen molar-refractivity contribution in [2.24, 2.45) is 0 Å². The Balaban J connectivity index is 2.50. The lowest BCUT2D eigenvalue weighted by molar-refractivity contribution is 0.155. The van der Waals surface area contributed by atoms with Crippen LogP contribution in [-0.4, -0.2) is 15.8 Å². The van der Waals surface area contributed by atoms with E-state index >= 15 is 0 Å². The molecule has 2 nitrogen and oxygen atoms in total. The first kappa shape index (κ1) is 19.6. The molecule has 0 spiro atoms. The van der Waals surface area contributed by atoms with E-state index in [0.29, 0.717) is 12.8 Å². The van der Waals surface area contributed by atoms with Crippen LogP contribution in [0.2, 0.25) is 0 Å². The summed E-state index contributed by atoms with van der Waals surface area (Å²) < 4.78 is 49.5. The predicted octanol–water partition coefficient (Wildman–Crippen LogP) is 5.82. The van der Waals surface area contributed by atoms with Crippen LogP contribution in [0.15, 0.2) is 40.1 Å². The average molecular weight is 566 g/mol. The molecule has 1 saturated carbocycles. The summed E-state index contributed by atoms with van der Waals surface area (Å²) in [5.41, 5.74) is 0.636. The van der Waals surface area contributed by atoms with Crippen molar-refractivity contribution in [2.45, 2.75) is 51.3 Å². The topological polar surface area (TPSA) is 34.1 Å². The third-order valence-corrected chi connectivity index (χ3v) is 7.77. The molecule has 1 aromatic carbocycles. The molecule has 0 N–H and O–H groups in total. The number of halogens is 4. The van der Waals surface area contributed by atoms with E-state index in [4.69, 9.17) is 0 Å². The largest absolute Gasteiger partial charge is 0.319 e. The summed E-state index contributed by atoms with van der Waals surface area (Å²) in [5, 5.41) is 0.807. The smallest absolute Gasteiger partial charge is 0.219 e. The molecule has 1 fully saturated rings. The molecule has 0 bridgehead atoms. The number of allylic oxidation sites excluding steroid dienone is 1. The van der Waals surface area contributed by atoms with Crippen molar-refractivity contribution in [3.05, 3.63) is 40.8 Å². The number of hydrogen-bond acceptors (Lipinski definition) is 2. The number of benzene rings is 1. The van der Waals surface area contributed by atoms with Crippen LogP contribution in [0.5, 0.6) is 0 Å². The van der Waals surface area contributed by atoms with Gasteiger partial charge in [-0.25, -0.2) is 8.42 Å². The van der Waals surface area contributed by atoms with Gasteiger partial charge in [0.05, 0.1) is 8.32 Å². The first-order valence-corrected chi connectivity index (χ1v) is 11.1. The van der Waals surface area contributed by atoms with Gasteiger partial charge in [-0.2, -0.15) is 8.78 Å². The van der Waals surface area contributed by atoms with Crippen molar-refractivity contribution in [2.75, 3.05) is 0 Å². The highest BCUT2D eigenvalue weighted by Crippen LogP contribution is 2.50. The van der Waals surface area contributed by atoms with Gasteiger partial charge in [0, 0.05) is 33.6 Å². The Morgan fingerprint density at radius 3 is 2.17 bits per heavy atom. The zero-order valence-electron chi connectivity index (χ0n) is 12.7. The van der Waals surface area contributed by atoms with Crippen LogP contribution >= 0.6 is 45.2 Å². The molecule has 0 unspecified atom stereocenters. The Bertz CT molecular complexity index is 686. The lowest BCUT2D eigenvalue weighted by atomic mass is 9.84. The van der Waals surface area contributed by atoms with E-state index < -0.39 is 17.2 Å². The molecule has 1 aromatic rings. The summed E-state index contributed by atoms with van der Waals surface area (Å²) in [6.45, 7) is 1.85. The molecule has 0 amide bonds. The fourth-order valence-corrected chi connectivity index (χ4v) is 6.96. The Morgan fingerprint density at radius 1 is 1.17 bits per heavy atom. The van der Waals surface area contributed by atoms with Gasteiger partial charge < -0.3 is 0 Å². The average Bonchev–Trinajstić information content (AvgIpc) is 2.45. The van der Waals surface area contributed by atoms with Gasteiger partial charge in [0.2, 0.25) is 0 Å². The number of hydrogen-bond donors (Lipinski definition) is 0. The standard InChI is InChI=1S/C16H18F2I2O2S/c1-12-5-7-13(8-6-12)23(21,22)11-14(16(17,18)20)15(19)9-3-2-4-10-15/h5-8,11H,2-4,9-10H2,1H3/b14-11+. The number of alkyl halides is 4. The van der Waals surface area contributed by atoms with E-state index in [9.17, 15) is 17.2 Å². The minimum Gasteiger partial charge on any atom is -0.219 e. The summed E-state index contributed by atoms with van der Waals surface area (Å²) in [6, 6.07) is 6.27. The van der Waals surface area contributed by atoms with Gasteiger partial charge >= 0.3 is 3.93 Å². The minimum atomic E-state index is -3.90. The summed E-state index contributed by atoms with van der Waals surface area (Å²) in [5.74, 6) is 0. The second kappa shape index (κ2) is 7.23. The lowest BCUT2D eigenvalue weighted by Crippen LogP contribution is -2.34. The van der Waals surface area contributed by atoms with Crippen molar-refractivity contribution in [3.63, 3.8) is 0 Å². The fourth-order valence-electron chi connectivity index (χ4n) is 2.76. The molecule has 0 saturated heterocycles. The first-order chi connectivity index (χ1) is 10.5. The fraction of sp³-hybridized carbons (Fsp3) is 0.500. The predicted molar refractivity (Wildman–Crippen MR) is 105 cm³/mol. The van der Waals surface area contributed by atoms with Gasteiger partial charge in [-0.15, -0.1) is 0 Å². The molecule has 23 heavy (non-hydrogen) atoms. The van der Waals surface area contributed by atoms with Crippen LogP contribution in [-0.2, 0) is 9.84 Å². The Labute approximate surface area is 163 Å². The molecule has 128 valence electrons. The van der Waals surface area contributed by atoms with Crippen LogP contribution in [0.1, 0.15) is 37.7 Å². The molecule has 7 heteroatoms. The number of rotatable bonds is 4. The van der Waals surface area contributed by atoms with Crippen molar-refractivity contribution in [1.82, 2.24) is 0 Å². The maximum absolute atomic E-state index is 14.2. The van der Waals surface area contributed by atoms with Crippen LogP contribution in [0.3, 0.4) is 0 Å². The zero-order chi connectivity index (χ0) is 17.3. The molecular weight excluding hydrogens is 548 g/mol. The van der Waals surface area contributed by atoms with E-state index in [-0.39, 0.29) is 10.5 Å². The van der Waals surface area contributed by atoms with Crippen LogP contribution < -0.4 is 0 Å². The Hall–Kier alpha value is 0.230. The maximum Gasteiger partial charge on any atom is 0.319 e. The molecule has 0 atom stereocenters. The molecule has 0 heterocycles. The summed E-state index contributed by atoms with van der Waals surface area (Å²) in [4.78, 5) is 0.0528. The van der Waals surface area contributed by atoms with Gasteiger partial charge in [0.1, 0.15) is 0 Å². The molecular formula is C16H18F2I2O2S. The van der Waals surface area contributed by atoms with Crippen LogP contribution in [0.25, 0.3) is 0 Å². The molecule has 0 radical (unpaired) electrons.